The Hall–Kier alpha value is -1.66. The van der Waals surface area contributed by atoms with Crippen LogP contribution in [-0.4, -0.2) is 23.1 Å². The van der Waals surface area contributed by atoms with Gasteiger partial charge in [0.05, 0.1) is 10.0 Å². The molecule has 1 atom stereocenters. The molecule has 104 valence electrons. The van der Waals surface area contributed by atoms with Gasteiger partial charge in [0, 0.05) is 18.2 Å². The number of amides is 2. The summed E-state index contributed by atoms with van der Waals surface area (Å²) in [5.74, 6) is 0.0438. The molecule has 0 aliphatic rings. The van der Waals surface area contributed by atoms with Gasteiger partial charge in [-0.2, -0.15) is 0 Å². The number of oxime groups is 1. The van der Waals surface area contributed by atoms with Crippen LogP contribution < -0.4 is 16.4 Å². The van der Waals surface area contributed by atoms with E-state index in [1.54, 1.807) is 19.1 Å². The van der Waals surface area contributed by atoms with Gasteiger partial charge in [0.1, 0.15) is 5.84 Å². The minimum atomic E-state index is -0.420. The molecule has 19 heavy (non-hydrogen) atoms. The van der Waals surface area contributed by atoms with Crippen molar-refractivity contribution in [1.82, 2.24) is 5.32 Å². The molecular formula is C11H14Cl2N4O2. The molecule has 2 amide bonds. The molecule has 0 aliphatic carbocycles. The summed E-state index contributed by atoms with van der Waals surface area (Å²) < 4.78 is 0. The SMILES string of the molecule is CC(CC(N)=NO)NC(=O)Nc1ccc(Cl)c(Cl)c1. The molecule has 8 heteroatoms. The van der Waals surface area contributed by atoms with Gasteiger partial charge < -0.3 is 21.6 Å². The van der Waals surface area contributed by atoms with Crippen LogP contribution in [0.15, 0.2) is 23.4 Å². The summed E-state index contributed by atoms with van der Waals surface area (Å²) in [6, 6.07) is 4.05. The van der Waals surface area contributed by atoms with Crippen LogP contribution in [0.4, 0.5) is 10.5 Å². The van der Waals surface area contributed by atoms with E-state index in [0.717, 1.165) is 0 Å². The van der Waals surface area contributed by atoms with E-state index in [-0.39, 0.29) is 18.3 Å². The topological polar surface area (TPSA) is 99.7 Å². The summed E-state index contributed by atoms with van der Waals surface area (Å²) in [5.41, 5.74) is 5.85. The van der Waals surface area contributed by atoms with Gasteiger partial charge in [0.2, 0.25) is 0 Å². The molecule has 0 spiro atoms. The highest BCUT2D eigenvalue weighted by Crippen LogP contribution is 2.24. The van der Waals surface area contributed by atoms with Gasteiger partial charge in [0.25, 0.3) is 0 Å². The zero-order valence-electron chi connectivity index (χ0n) is 10.2. The minimum absolute atomic E-state index is 0.0438. The smallest absolute Gasteiger partial charge is 0.319 e. The molecule has 1 rings (SSSR count). The highest BCUT2D eigenvalue weighted by atomic mass is 35.5. The van der Waals surface area contributed by atoms with Gasteiger partial charge in [-0.15, -0.1) is 0 Å². The fourth-order valence-corrected chi connectivity index (χ4v) is 1.67. The van der Waals surface area contributed by atoms with Gasteiger partial charge in [0.15, 0.2) is 0 Å². The molecule has 0 fully saturated rings. The molecule has 5 N–H and O–H groups in total. The number of benzene rings is 1. The monoisotopic (exact) mass is 304 g/mol. The van der Waals surface area contributed by atoms with E-state index >= 15 is 0 Å². The van der Waals surface area contributed by atoms with Crippen molar-refractivity contribution in [1.29, 1.82) is 0 Å². The lowest BCUT2D eigenvalue weighted by molar-refractivity contribution is 0.249. The van der Waals surface area contributed by atoms with E-state index in [1.165, 1.54) is 6.07 Å². The van der Waals surface area contributed by atoms with Crippen LogP contribution >= 0.6 is 23.2 Å². The zero-order valence-corrected chi connectivity index (χ0v) is 11.7. The maximum absolute atomic E-state index is 11.6. The Kier molecular flexibility index (Phi) is 5.72. The third-order valence-electron chi connectivity index (χ3n) is 2.20. The molecule has 0 aromatic heterocycles. The van der Waals surface area contributed by atoms with Crippen molar-refractivity contribution >= 4 is 40.8 Å². The summed E-state index contributed by atoms with van der Waals surface area (Å²) in [5, 5.41) is 17.2. The van der Waals surface area contributed by atoms with E-state index in [2.05, 4.69) is 15.8 Å². The first-order chi connectivity index (χ1) is 8.92. The van der Waals surface area contributed by atoms with Crippen LogP contribution in [0.5, 0.6) is 0 Å². The molecule has 1 aromatic carbocycles. The third kappa shape index (κ3) is 5.23. The van der Waals surface area contributed by atoms with Crippen LogP contribution in [0, 0.1) is 0 Å². The lowest BCUT2D eigenvalue weighted by Crippen LogP contribution is -2.38. The quantitative estimate of drug-likeness (QED) is 0.298. The first kappa shape index (κ1) is 15.4. The number of nitrogens with zero attached hydrogens (tertiary/aromatic N) is 1. The molecular weight excluding hydrogens is 291 g/mol. The number of nitrogens with one attached hydrogen (secondary N) is 2. The first-order valence-corrected chi connectivity index (χ1v) is 6.17. The van der Waals surface area contributed by atoms with Gasteiger partial charge >= 0.3 is 6.03 Å². The van der Waals surface area contributed by atoms with Crippen LogP contribution in [-0.2, 0) is 0 Å². The number of hydrogen-bond donors (Lipinski definition) is 4. The largest absolute Gasteiger partial charge is 0.409 e. The molecule has 0 aliphatic heterocycles. The predicted molar refractivity (Wildman–Crippen MR) is 76.1 cm³/mol. The zero-order chi connectivity index (χ0) is 14.4. The van der Waals surface area contributed by atoms with Crippen LogP contribution in [0.2, 0.25) is 10.0 Å². The number of urea groups is 1. The van der Waals surface area contributed by atoms with E-state index in [0.29, 0.717) is 15.7 Å². The number of amidine groups is 1. The number of carbonyl (C=O) groups excluding carboxylic acids is 1. The van der Waals surface area contributed by atoms with Crippen LogP contribution in [0.25, 0.3) is 0 Å². The second-order valence-corrected chi connectivity index (χ2v) is 4.74. The van der Waals surface area contributed by atoms with Gasteiger partial charge in [-0.1, -0.05) is 28.4 Å². The van der Waals surface area contributed by atoms with Crippen molar-refractivity contribution in [2.24, 2.45) is 10.9 Å². The Bertz CT molecular complexity index is 494. The van der Waals surface area contributed by atoms with E-state index < -0.39 is 6.03 Å². The standard InChI is InChI=1S/C11H14Cl2N4O2/c1-6(4-10(14)17-19)15-11(18)16-7-2-3-8(12)9(13)5-7/h2-3,5-6,19H,4H2,1H3,(H2,14,17)(H2,15,16,18). The minimum Gasteiger partial charge on any atom is -0.409 e. The van der Waals surface area contributed by atoms with Gasteiger partial charge in [-0.3, -0.25) is 0 Å². The summed E-state index contributed by atoms with van der Waals surface area (Å²) in [6.07, 6.45) is 0.241. The lowest BCUT2D eigenvalue weighted by Gasteiger charge is -2.14. The van der Waals surface area contributed by atoms with Crippen molar-refractivity contribution in [3.63, 3.8) is 0 Å². The fourth-order valence-electron chi connectivity index (χ4n) is 1.37. The van der Waals surface area contributed by atoms with Crippen molar-refractivity contribution in [2.45, 2.75) is 19.4 Å². The average molecular weight is 305 g/mol. The molecule has 1 aromatic rings. The van der Waals surface area contributed by atoms with Crippen molar-refractivity contribution < 1.29 is 10.0 Å². The van der Waals surface area contributed by atoms with Gasteiger partial charge in [-0.05, 0) is 25.1 Å². The lowest BCUT2D eigenvalue weighted by atomic mass is 10.2. The Morgan fingerprint density at radius 1 is 1.47 bits per heavy atom. The van der Waals surface area contributed by atoms with Crippen molar-refractivity contribution in [3.05, 3.63) is 28.2 Å². The molecule has 0 heterocycles. The van der Waals surface area contributed by atoms with Crippen LogP contribution in [0.1, 0.15) is 13.3 Å². The number of anilines is 1. The maximum atomic E-state index is 11.6. The summed E-state index contributed by atoms with van der Waals surface area (Å²) in [6.45, 7) is 1.73. The summed E-state index contributed by atoms with van der Waals surface area (Å²) >= 11 is 11.6. The highest BCUT2D eigenvalue weighted by molar-refractivity contribution is 6.42. The highest BCUT2D eigenvalue weighted by Gasteiger charge is 2.10. The summed E-state index contributed by atoms with van der Waals surface area (Å²) in [4.78, 5) is 11.6. The van der Waals surface area contributed by atoms with Crippen LogP contribution in [0.3, 0.4) is 0 Å². The molecule has 0 radical (unpaired) electrons. The maximum Gasteiger partial charge on any atom is 0.319 e. The Morgan fingerprint density at radius 2 is 2.16 bits per heavy atom. The second kappa shape index (κ2) is 7.06. The number of carbonyl (C=O) groups is 1. The van der Waals surface area contributed by atoms with Crippen molar-refractivity contribution in [3.8, 4) is 0 Å². The Labute approximate surface area is 120 Å². The van der Waals surface area contributed by atoms with Gasteiger partial charge in [-0.25, -0.2) is 4.79 Å². The predicted octanol–water partition coefficient (Wildman–Crippen LogP) is 2.64. The number of nitrogens with two attached hydrogens (primary N) is 1. The van der Waals surface area contributed by atoms with E-state index in [1.807, 2.05) is 0 Å². The second-order valence-electron chi connectivity index (χ2n) is 3.92. The molecule has 6 nitrogen and oxygen atoms in total. The van der Waals surface area contributed by atoms with E-state index in [9.17, 15) is 4.79 Å². The number of halogens is 2. The molecule has 0 saturated carbocycles. The Balaban J connectivity index is 2.53. The normalized spacial score (nSPS) is 12.9. The Morgan fingerprint density at radius 3 is 2.74 bits per heavy atom. The number of hydrogen-bond acceptors (Lipinski definition) is 3. The summed E-state index contributed by atoms with van der Waals surface area (Å²) in [7, 11) is 0. The third-order valence-corrected chi connectivity index (χ3v) is 2.94. The molecule has 0 bridgehead atoms. The molecule has 0 saturated heterocycles. The first-order valence-electron chi connectivity index (χ1n) is 5.41. The van der Waals surface area contributed by atoms with E-state index in [4.69, 9.17) is 34.1 Å². The number of rotatable bonds is 4. The molecule has 1 unspecified atom stereocenters. The van der Waals surface area contributed by atoms with Crippen molar-refractivity contribution in [2.75, 3.05) is 5.32 Å². The average Bonchev–Trinajstić information content (AvgIpc) is 2.33. The fraction of sp³-hybridized carbons (Fsp3) is 0.273.